The minimum absolute atomic E-state index is 0.0220. The van der Waals surface area contributed by atoms with Gasteiger partial charge in [-0.05, 0) is 42.9 Å². The van der Waals surface area contributed by atoms with Crippen molar-refractivity contribution in [3.8, 4) is 16.9 Å². The molecule has 0 bridgehead atoms. The van der Waals surface area contributed by atoms with Crippen LogP contribution in [0.4, 0.5) is 0 Å². The molecule has 2 amide bonds. The van der Waals surface area contributed by atoms with Gasteiger partial charge in [-0.2, -0.15) is 0 Å². The molecule has 2 aromatic carbocycles. The van der Waals surface area contributed by atoms with Crippen LogP contribution in [0, 0.1) is 11.3 Å². The fourth-order valence-corrected chi connectivity index (χ4v) is 4.47. The quantitative estimate of drug-likeness (QED) is 0.716. The summed E-state index contributed by atoms with van der Waals surface area (Å²) in [5.41, 5.74) is 8.28. The highest BCUT2D eigenvalue weighted by Gasteiger charge is 2.45. The number of nitrogens with two attached hydrogens (primary N) is 1. The Morgan fingerprint density at radius 1 is 1.10 bits per heavy atom. The first-order chi connectivity index (χ1) is 14.4. The predicted octanol–water partition coefficient (Wildman–Crippen LogP) is 4.04. The largest absolute Gasteiger partial charge is 0.496 e. The van der Waals surface area contributed by atoms with Gasteiger partial charge >= 0.3 is 0 Å². The van der Waals surface area contributed by atoms with Gasteiger partial charge in [0.25, 0.3) is 0 Å². The molecule has 0 radical (unpaired) electrons. The Hall–Kier alpha value is -2.82. The molecule has 1 aliphatic heterocycles. The zero-order valence-electron chi connectivity index (χ0n) is 18.2. The Labute approximate surface area is 179 Å². The summed E-state index contributed by atoms with van der Waals surface area (Å²) in [6.45, 7) is 5.07. The monoisotopic (exact) mass is 408 g/mol. The number of hydrogen-bond acceptors (Lipinski definition) is 3. The van der Waals surface area contributed by atoms with E-state index in [0.717, 1.165) is 35.3 Å². The number of rotatable bonds is 8. The summed E-state index contributed by atoms with van der Waals surface area (Å²) in [7, 11) is 1.67. The highest BCUT2D eigenvalue weighted by molar-refractivity contribution is 5.85. The number of benzene rings is 2. The van der Waals surface area contributed by atoms with Crippen LogP contribution in [-0.4, -0.2) is 36.9 Å². The van der Waals surface area contributed by atoms with Gasteiger partial charge in [0.1, 0.15) is 5.75 Å². The van der Waals surface area contributed by atoms with Crippen LogP contribution in [0.1, 0.15) is 38.7 Å². The molecule has 160 valence electrons. The van der Waals surface area contributed by atoms with Crippen LogP contribution >= 0.6 is 0 Å². The van der Waals surface area contributed by atoms with E-state index in [1.54, 1.807) is 7.11 Å². The Morgan fingerprint density at radius 2 is 1.77 bits per heavy atom. The molecule has 0 saturated carbocycles. The summed E-state index contributed by atoms with van der Waals surface area (Å²) in [5, 5.41) is 0. The second-order valence-electron chi connectivity index (χ2n) is 8.24. The Bertz CT molecular complexity index is 890. The van der Waals surface area contributed by atoms with Crippen molar-refractivity contribution < 1.29 is 14.3 Å². The summed E-state index contributed by atoms with van der Waals surface area (Å²) in [4.78, 5) is 27.1. The third-order valence-corrected chi connectivity index (χ3v) is 6.44. The fraction of sp³-hybridized carbons (Fsp3) is 0.440. The fourth-order valence-electron chi connectivity index (χ4n) is 4.47. The number of amides is 2. The van der Waals surface area contributed by atoms with Gasteiger partial charge in [0, 0.05) is 24.6 Å². The van der Waals surface area contributed by atoms with Crippen LogP contribution in [-0.2, 0) is 16.0 Å². The number of likely N-dealkylation sites (tertiary alicyclic amines) is 1. The van der Waals surface area contributed by atoms with Crippen LogP contribution in [0.15, 0.2) is 48.5 Å². The third-order valence-electron chi connectivity index (χ3n) is 6.44. The summed E-state index contributed by atoms with van der Waals surface area (Å²) in [6.07, 6.45) is 2.79. The molecule has 5 heteroatoms. The van der Waals surface area contributed by atoms with E-state index in [9.17, 15) is 9.59 Å². The molecule has 2 aromatic rings. The zero-order valence-corrected chi connectivity index (χ0v) is 18.2. The van der Waals surface area contributed by atoms with Gasteiger partial charge in [0.2, 0.25) is 11.8 Å². The first-order valence-corrected chi connectivity index (χ1v) is 10.7. The molecule has 30 heavy (non-hydrogen) atoms. The first kappa shape index (κ1) is 21.9. The average molecular weight is 409 g/mol. The summed E-state index contributed by atoms with van der Waals surface area (Å²) >= 11 is 0. The molecule has 1 heterocycles. The van der Waals surface area contributed by atoms with Gasteiger partial charge in [-0.1, -0.05) is 56.3 Å². The molecule has 1 atom stereocenters. The molecule has 0 spiro atoms. The van der Waals surface area contributed by atoms with Gasteiger partial charge in [-0.25, -0.2) is 0 Å². The van der Waals surface area contributed by atoms with Gasteiger partial charge in [0.15, 0.2) is 0 Å². The van der Waals surface area contributed by atoms with Gasteiger partial charge in [0.05, 0.1) is 12.5 Å². The standard InChI is InChI=1S/C25H32N2O3/c1-4-19(5-2)23(28)27-15-14-25(17-27,24(26)29)16-18-10-12-20(13-11-18)21-8-6-7-9-22(21)30-3/h6-13,19H,4-5,14-17H2,1-3H3,(H2,26,29)/t25-/m0/s1. The average Bonchev–Trinajstić information content (AvgIpc) is 3.20. The topological polar surface area (TPSA) is 72.6 Å². The number of primary amides is 1. The number of hydrogen-bond donors (Lipinski definition) is 1. The van der Waals surface area contributed by atoms with E-state index < -0.39 is 5.41 Å². The molecule has 5 nitrogen and oxygen atoms in total. The lowest BCUT2D eigenvalue weighted by atomic mass is 9.80. The van der Waals surface area contributed by atoms with Crippen LogP contribution in [0.2, 0.25) is 0 Å². The zero-order chi connectivity index (χ0) is 21.7. The molecular formula is C25H32N2O3. The number of nitrogens with zero attached hydrogens (tertiary/aromatic N) is 1. The maximum atomic E-state index is 12.8. The van der Waals surface area contributed by atoms with E-state index in [1.807, 2.05) is 67.3 Å². The predicted molar refractivity (Wildman–Crippen MR) is 119 cm³/mol. The molecule has 1 aliphatic rings. The molecule has 0 aromatic heterocycles. The van der Waals surface area contributed by atoms with Crippen molar-refractivity contribution >= 4 is 11.8 Å². The minimum atomic E-state index is -0.701. The van der Waals surface area contributed by atoms with E-state index in [1.165, 1.54) is 0 Å². The summed E-state index contributed by atoms with van der Waals surface area (Å²) in [5.74, 6) is 0.671. The van der Waals surface area contributed by atoms with Gasteiger partial charge < -0.3 is 15.4 Å². The second-order valence-corrected chi connectivity index (χ2v) is 8.24. The lowest BCUT2D eigenvalue weighted by molar-refractivity contribution is -0.135. The Morgan fingerprint density at radius 3 is 2.37 bits per heavy atom. The number of carbonyl (C=O) groups excluding carboxylic acids is 2. The number of methoxy groups -OCH3 is 1. The van der Waals surface area contributed by atoms with Crippen molar-refractivity contribution in [3.05, 3.63) is 54.1 Å². The maximum absolute atomic E-state index is 12.8. The van der Waals surface area contributed by atoms with E-state index in [-0.39, 0.29) is 17.7 Å². The highest BCUT2D eigenvalue weighted by atomic mass is 16.5. The first-order valence-electron chi connectivity index (χ1n) is 10.7. The van der Waals surface area contributed by atoms with Crippen molar-refractivity contribution in [1.29, 1.82) is 0 Å². The summed E-state index contributed by atoms with van der Waals surface area (Å²) in [6, 6.07) is 16.1. The molecule has 1 fully saturated rings. The van der Waals surface area contributed by atoms with Crippen LogP contribution in [0.3, 0.4) is 0 Å². The van der Waals surface area contributed by atoms with Crippen molar-refractivity contribution in [3.63, 3.8) is 0 Å². The molecule has 2 N–H and O–H groups in total. The number of carbonyl (C=O) groups is 2. The van der Waals surface area contributed by atoms with E-state index in [0.29, 0.717) is 25.9 Å². The lowest BCUT2D eigenvalue weighted by Crippen LogP contribution is -2.43. The Balaban J connectivity index is 1.78. The number of para-hydroxylation sites is 1. The molecule has 0 aliphatic carbocycles. The van der Waals surface area contributed by atoms with E-state index >= 15 is 0 Å². The van der Waals surface area contributed by atoms with Crippen LogP contribution < -0.4 is 10.5 Å². The molecule has 1 saturated heterocycles. The highest BCUT2D eigenvalue weighted by Crippen LogP contribution is 2.36. The van der Waals surface area contributed by atoms with Crippen LogP contribution in [0.5, 0.6) is 5.75 Å². The van der Waals surface area contributed by atoms with Crippen molar-refractivity contribution in [2.45, 2.75) is 39.5 Å². The minimum Gasteiger partial charge on any atom is -0.496 e. The van der Waals surface area contributed by atoms with Crippen molar-refractivity contribution in [2.75, 3.05) is 20.2 Å². The normalized spacial score (nSPS) is 18.6. The second kappa shape index (κ2) is 9.33. The SMILES string of the molecule is CCC(CC)C(=O)N1CC[C@@](Cc2ccc(-c3ccccc3OC)cc2)(C(N)=O)C1. The van der Waals surface area contributed by atoms with Crippen molar-refractivity contribution in [1.82, 2.24) is 4.90 Å². The molecule has 0 unspecified atom stereocenters. The third kappa shape index (κ3) is 4.35. The summed E-state index contributed by atoms with van der Waals surface area (Å²) < 4.78 is 5.46. The Kier molecular flexibility index (Phi) is 6.80. The van der Waals surface area contributed by atoms with Gasteiger partial charge in [-0.15, -0.1) is 0 Å². The number of ether oxygens (including phenoxy) is 1. The maximum Gasteiger partial charge on any atom is 0.225 e. The van der Waals surface area contributed by atoms with Crippen molar-refractivity contribution in [2.24, 2.45) is 17.1 Å². The molecular weight excluding hydrogens is 376 g/mol. The van der Waals surface area contributed by atoms with E-state index in [2.05, 4.69) is 0 Å². The molecule has 3 rings (SSSR count). The van der Waals surface area contributed by atoms with Crippen LogP contribution in [0.25, 0.3) is 11.1 Å². The van der Waals surface area contributed by atoms with E-state index in [4.69, 9.17) is 10.5 Å². The van der Waals surface area contributed by atoms with Gasteiger partial charge in [-0.3, -0.25) is 9.59 Å². The lowest BCUT2D eigenvalue weighted by Gasteiger charge is -2.27. The smallest absolute Gasteiger partial charge is 0.225 e.